The van der Waals surface area contributed by atoms with Crippen LogP contribution in [0.25, 0.3) is 0 Å². The van der Waals surface area contributed by atoms with E-state index in [4.69, 9.17) is 0 Å². The van der Waals surface area contributed by atoms with Crippen LogP contribution in [0.5, 0.6) is 0 Å². The van der Waals surface area contributed by atoms with Crippen LogP contribution in [0.4, 0.5) is 24.5 Å². The van der Waals surface area contributed by atoms with Crippen LogP contribution in [0, 0.1) is 0 Å². The molecule has 4 nitrogen and oxygen atoms in total. The molecule has 1 amide bonds. The lowest BCUT2D eigenvalue weighted by Crippen LogP contribution is -2.52. The van der Waals surface area contributed by atoms with E-state index in [1.54, 1.807) is 6.07 Å². The average molecular weight is 377 g/mol. The van der Waals surface area contributed by atoms with Crippen LogP contribution in [0.3, 0.4) is 0 Å². The molecule has 27 heavy (non-hydrogen) atoms. The molecule has 0 bridgehead atoms. The number of hydrogen-bond acceptors (Lipinski definition) is 3. The molecule has 3 rings (SSSR count). The van der Waals surface area contributed by atoms with E-state index in [0.717, 1.165) is 11.8 Å². The van der Waals surface area contributed by atoms with Gasteiger partial charge in [0.2, 0.25) is 5.91 Å². The van der Waals surface area contributed by atoms with Crippen LogP contribution < -0.4 is 10.2 Å². The van der Waals surface area contributed by atoms with E-state index < -0.39 is 11.7 Å². The number of piperazine rings is 1. The van der Waals surface area contributed by atoms with Gasteiger partial charge >= 0.3 is 6.18 Å². The molecule has 1 saturated heterocycles. The van der Waals surface area contributed by atoms with Gasteiger partial charge < -0.3 is 10.2 Å². The fraction of sp³-hybridized carbons (Fsp3) is 0.350. The topological polar surface area (TPSA) is 35.6 Å². The third-order valence-electron chi connectivity index (χ3n) is 4.82. The molecule has 1 N–H and O–H groups in total. The predicted octanol–water partition coefficient (Wildman–Crippen LogP) is 3.85. The van der Waals surface area contributed by atoms with Crippen molar-refractivity contribution in [2.75, 3.05) is 36.4 Å². The van der Waals surface area contributed by atoms with Crippen molar-refractivity contribution in [1.82, 2.24) is 4.90 Å². The van der Waals surface area contributed by atoms with Crippen molar-refractivity contribution in [3.05, 3.63) is 60.2 Å². The maximum absolute atomic E-state index is 12.9. The van der Waals surface area contributed by atoms with Crippen LogP contribution in [-0.2, 0) is 11.0 Å². The number of para-hydroxylation sites is 1. The molecule has 2 aromatic rings. The summed E-state index contributed by atoms with van der Waals surface area (Å²) in [5, 5.41) is 2.89. The van der Waals surface area contributed by atoms with Gasteiger partial charge in [0.1, 0.15) is 0 Å². The molecule has 1 heterocycles. The third-order valence-corrected chi connectivity index (χ3v) is 4.82. The van der Waals surface area contributed by atoms with E-state index in [1.165, 1.54) is 12.1 Å². The normalized spacial score (nSPS) is 16.8. The number of nitrogens with one attached hydrogen (secondary N) is 1. The molecule has 1 aliphatic heterocycles. The quantitative estimate of drug-likeness (QED) is 0.879. The largest absolute Gasteiger partial charge is 0.416 e. The summed E-state index contributed by atoms with van der Waals surface area (Å²) in [5.41, 5.74) is 0.667. The maximum atomic E-state index is 12.9. The van der Waals surface area contributed by atoms with Gasteiger partial charge in [0.25, 0.3) is 0 Å². The Bertz CT molecular complexity index is 772. The summed E-state index contributed by atoms with van der Waals surface area (Å²) < 4.78 is 38.7. The van der Waals surface area contributed by atoms with Gasteiger partial charge in [-0.05, 0) is 37.3 Å². The Morgan fingerprint density at radius 1 is 1.00 bits per heavy atom. The Balaban J connectivity index is 1.58. The fourth-order valence-electron chi connectivity index (χ4n) is 3.18. The standard InChI is InChI=1S/C20H22F3N3O/c1-15(19(27)24-17-7-3-2-4-8-17)25-10-12-26(13-11-25)18-9-5-6-16(14-18)20(21,22)23/h2-9,14-15H,10-13H2,1H3,(H,24,27)/t15-/m0/s1. The molecule has 0 radical (unpaired) electrons. The Labute approximate surface area is 156 Å². The lowest BCUT2D eigenvalue weighted by atomic mass is 10.1. The first kappa shape index (κ1) is 19.2. The number of hydrogen-bond donors (Lipinski definition) is 1. The third kappa shape index (κ3) is 4.80. The fourth-order valence-corrected chi connectivity index (χ4v) is 3.18. The van der Waals surface area contributed by atoms with Gasteiger partial charge in [-0.15, -0.1) is 0 Å². The van der Waals surface area contributed by atoms with E-state index in [9.17, 15) is 18.0 Å². The average Bonchev–Trinajstić information content (AvgIpc) is 2.68. The summed E-state index contributed by atoms with van der Waals surface area (Å²) in [5.74, 6) is -0.0891. The van der Waals surface area contributed by atoms with E-state index in [1.807, 2.05) is 47.1 Å². The van der Waals surface area contributed by atoms with Crippen LogP contribution in [0.15, 0.2) is 54.6 Å². The highest BCUT2D eigenvalue weighted by Crippen LogP contribution is 2.32. The minimum absolute atomic E-state index is 0.0891. The second-order valence-electron chi connectivity index (χ2n) is 6.60. The number of carbonyl (C=O) groups excluding carboxylic acids is 1. The van der Waals surface area contributed by atoms with Crippen molar-refractivity contribution in [3.8, 4) is 0 Å². The molecule has 0 aliphatic carbocycles. The monoisotopic (exact) mass is 377 g/mol. The molecular formula is C20H22F3N3O. The van der Waals surface area contributed by atoms with Gasteiger partial charge in [-0.25, -0.2) is 0 Å². The lowest BCUT2D eigenvalue weighted by Gasteiger charge is -2.38. The van der Waals surface area contributed by atoms with Gasteiger partial charge in [0.05, 0.1) is 11.6 Å². The Kier molecular flexibility index (Phi) is 5.70. The summed E-state index contributed by atoms with van der Waals surface area (Å²) in [4.78, 5) is 16.4. The van der Waals surface area contributed by atoms with Crippen molar-refractivity contribution in [1.29, 1.82) is 0 Å². The molecular weight excluding hydrogens is 355 g/mol. The first-order chi connectivity index (χ1) is 12.8. The minimum Gasteiger partial charge on any atom is -0.369 e. The van der Waals surface area contributed by atoms with Crippen LogP contribution in [0.2, 0.25) is 0 Å². The van der Waals surface area contributed by atoms with E-state index >= 15 is 0 Å². The zero-order chi connectivity index (χ0) is 19.4. The van der Waals surface area contributed by atoms with Gasteiger partial charge in [-0.2, -0.15) is 13.2 Å². The summed E-state index contributed by atoms with van der Waals surface area (Å²) in [6.45, 7) is 4.21. The van der Waals surface area contributed by atoms with Crippen molar-refractivity contribution in [2.45, 2.75) is 19.1 Å². The molecule has 2 aromatic carbocycles. The summed E-state index contributed by atoms with van der Waals surface area (Å²) >= 11 is 0. The summed E-state index contributed by atoms with van der Waals surface area (Å²) in [7, 11) is 0. The number of rotatable bonds is 4. The van der Waals surface area contributed by atoms with Crippen molar-refractivity contribution in [3.63, 3.8) is 0 Å². The number of halogens is 3. The first-order valence-corrected chi connectivity index (χ1v) is 8.87. The molecule has 0 aromatic heterocycles. The zero-order valence-electron chi connectivity index (χ0n) is 15.0. The zero-order valence-corrected chi connectivity index (χ0v) is 15.0. The van der Waals surface area contributed by atoms with Gasteiger partial charge in [-0.1, -0.05) is 24.3 Å². The summed E-state index contributed by atoms with van der Waals surface area (Å²) in [6, 6.07) is 14.3. The van der Waals surface area contributed by atoms with Crippen LogP contribution >= 0.6 is 0 Å². The predicted molar refractivity (Wildman–Crippen MR) is 99.8 cm³/mol. The van der Waals surface area contributed by atoms with Gasteiger partial charge in [-0.3, -0.25) is 9.69 Å². The van der Waals surface area contributed by atoms with Gasteiger partial charge in [0.15, 0.2) is 0 Å². The molecule has 7 heteroatoms. The van der Waals surface area contributed by atoms with E-state index in [0.29, 0.717) is 31.9 Å². The Morgan fingerprint density at radius 3 is 2.30 bits per heavy atom. The van der Waals surface area contributed by atoms with E-state index in [-0.39, 0.29) is 11.9 Å². The second kappa shape index (κ2) is 8.00. The first-order valence-electron chi connectivity index (χ1n) is 8.87. The molecule has 1 aliphatic rings. The molecule has 144 valence electrons. The number of carbonyl (C=O) groups is 1. The molecule has 0 unspecified atom stereocenters. The number of nitrogens with zero attached hydrogens (tertiary/aromatic N) is 2. The second-order valence-corrected chi connectivity index (χ2v) is 6.60. The number of anilines is 2. The minimum atomic E-state index is -4.35. The van der Waals surface area contributed by atoms with E-state index in [2.05, 4.69) is 5.32 Å². The number of alkyl halides is 3. The number of benzene rings is 2. The van der Waals surface area contributed by atoms with Gasteiger partial charge in [0, 0.05) is 37.6 Å². The highest BCUT2D eigenvalue weighted by Gasteiger charge is 2.31. The van der Waals surface area contributed by atoms with Crippen LogP contribution in [-0.4, -0.2) is 43.0 Å². The SMILES string of the molecule is C[C@@H](C(=O)Nc1ccccc1)N1CCN(c2cccc(C(F)(F)F)c2)CC1. The lowest BCUT2D eigenvalue weighted by molar-refractivity contribution is -0.137. The molecule has 1 fully saturated rings. The maximum Gasteiger partial charge on any atom is 0.416 e. The van der Waals surface area contributed by atoms with Crippen molar-refractivity contribution in [2.24, 2.45) is 0 Å². The molecule has 0 spiro atoms. The Morgan fingerprint density at radius 2 is 1.67 bits per heavy atom. The molecule has 1 atom stereocenters. The molecule has 0 saturated carbocycles. The summed E-state index contributed by atoms with van der Waals surface area (Å²) in [6.07, 6.45) is -4.35. The van der Waals surface area contributed by atoms with Crippen molar-refractivity contribution >= 4 is 17.3 Å². The number of amides is 1. The van der Waals surface area contributed by atoms with Crippen molar-refractivity contribution < 1.29 is 18.0 Å². The Hall–Kier alpha value is -2.54. The highest BCUT2D eigenvalue weighted by molar-refractivity contribution is 5.94. The van der Waals surface area contributed by atoms with Crippen LogP contribution in [0.1, 0.15) is 12.5 Å². The highest BCUT2D eigenvalue weighted by atomic mass is 19.4. The smallest absolute Gasteiger partial charge is 0.369 e.